The van der Waals surface area contributed by atoms with E-state index in [4.69, 9.17) is 16.3 Å². The van der Waals surface area contributed by atoms with Gasteiger partial charge >= 0.3 is 0 Å². The van der Waals surface area contributed by atoms with Crippen molar-refractivity contribution < 1.29 is 4.74 Å². The lowest BCUT2D eigenvalue weighted by Gasteiger charge is -2.30. The molecular weight excluding hydrogens is 346 g/mol. The maximum atomic E-state index is 6.12. The van der Waals surface area contributed by atoms with Crippen molar-refractivity contribution in [1.82, 2.24) is 15.1 Å². The third-order valence-corrected chi connectivity index (χ3v) is 6.16. The molecule has 2 aromatic rings. The Labute approximate surface area is 160 Å². The Morgan fingerprint density at radius 3 is 2.85 bits per heavy atom. The molecule has 5 heteroatoms. The topological polar surface area (TPSA) is 41.1 Å². The second-order valence-electron chi connectivity index (χ2n) is 7.62. The molecule has 1 aliphatic heterocycles. The van der Waals surface area contributed by atoms with Gasteiger partial charge in [-0.1, -0.05) is 43.0 Å². The summed E-state index contributed by atoms with van der Waals surface area (Å²) in [4.78, 5) is 2.71. The molecule has 26 heavy (non-hydrogen) atoms. The van der Waals surface area contributed by atoms with Gasteiger partial charge in [0.05, 0.1) is 17.3 Å². The van der Waals surface area contributed by atoms with Gasteiger partial charge < -0.3 is 4.74 Å². The highest BCUT2D eigenvalue weighted by Gasteiger charge is 2.30. The number of ether oxygens (including phenoxy) is 1. The summed E-state index contributed by atoms with van der Waals surface area (Å²) in [6.45, 7) is 3.00. The first-order chi connectivity index (χ1) is 12.8. The summed E-state index contributed by atoms with van der Waals surface area (Å²) in [6.07, 6.45) is 9.06. The van der Waals surface area contributed by atoms with Gasteiger partial charge in [-0.15, -0.1) is 0 Å². The van der Waals surface area contributed by atoms with Gasteiger partial charge in [0.1, 0.15) is 5.75 Å². The Bertz CT molecular complexity index is 711. The first-order valence-corrected chi connectivity index (χ1v) is 10.3. The van der Waals surface area contributed by atoms with E-state index >= 15 is 0 Å². The van der Waals surface area contributed by atoms with Crippen molar-refractivity contribution in [3.8, 4) is 5.75 Å². The Balaban J connectivity index is 1.27. The number of H-pyrrole nitrogens is 1. The maximum Gasteiger partial charge on any atom is 0.137 e. The van der Waals surface area contributed by atoms with Gasteiger partial charge in [0.2, 0.25) is 0 Å². The molecule has 1 unspecified atom stereocenters. The van der Waals surface area contributed by atoms with Gasteiger partial charge in [-0.25, -0.2) is 0 Å². The molecule has 1 aliphatic carbocycles. The summed E-state index contributed by atoms with van der Waals surface area (Å²) >= 11 is 6.12. The van der Waals surface area contributed by atoms with E-state index in [-0.39, 0.29) is 0 Å². The fourth-order valence-corrected chi connectivity index (χ4v) is 4.55. The van der Waals surface area contributed by atoms with E-state index in [0.717, 1.165) is 23.9 Å². The van der Waals surface area contributed by atoms with Gasteiger partial charge in [-0.2, -0.15) is 5.10 Å². The lowest BCUT2D eigenvalue weighted by atomic mass is 9.94. The first kappa shape index (κ1) is 17.9. The van der Waals surface area contributed by atoms with Gasteiger partial charge in [-0.05, 0) is 44.0 Å². The molecule has 2 heterocycles. The van der Waals surface area contributed by atoms with Crippen LogP contribution in [0.4, 0.5) is 0 Å². The molecule has 0 bridgehead atoms. The van der Waals surface area contributed by atoms with E-state index in [1.807, 2.05) is 24.3 Å². The Kier molecular flexibility index (Phi) is 5.81. The third kappa shape index (κ3) is 4.24. The second-order valence-corrected chi connectivity index (χ2v) is 8.03. The summed E-state index contributed by atoms with van der Waals surface area (Å²) in [5.74, 6) is 1.32. The maximum absolute atomic E-state index is 6.12. The summed E-state index contributed by atoms with van der Waals surface area (Å²) in [7, 11) is 0. The molecule has 4 rings (SSSR count). The zero-order chi connectivity index (χ0) is 17.8. The van der Waals surface area contributed by atoms with Crippen molar-refractivity contribution in [2.75, 3.05) is 19.7 Å². The average molecular weight is 374 g/mol. The number of para-hydroxylation sites is 1. The van der Waals surface area contributed by atoms with E-state index in [1.54, 1.807) is 0 Å². The Hall–Kier alpha value is -1.52. The number of nitrogens with one attached hydrogen (secondary N) is 1. The minimum absolute atomic E-state index is 0.575. The van der Waals surface area contributed by atoms with E-state index in [1.165, 1.54) is 57.3 Å². The molecule has 2 aliphatic rings. The van der Waals surface area contributed by atoms with Gasteiger partial charge in [-0.3, -0.25) is 10.00 Å². The largest absolute Gasteiger partial charge is 0.492 e. The number of hydrogen-bond donors (Lipinski definition) is 1. The van der Waals surface area contributed by atoms with Crippen molar-refractivity contribution in [3.63, 3.8) is 0 Å². The molecule has 1 aromatic carbocycles. The zero-order valence-electron chi connectivity index (χ0n) is 15.3. The number of rotatable bonds is 6. The molecule has 2 fully saturated rings. The quantitative estimate of drug-likeness (QED) is 0.790. The second kappa shape index (κ2) is 8.45. The van der Waals surface area contributed by atoms with Crippen molar-refractivity contribution in [1.29, 1.82) is 0 Å². The Morgan fingerprint density at radius 2 is 2.00 bits per heavy atom. The molecule has 140 valence electrons. The standard InChI is InChI=1S/C21H28ClN3O/c22-19-8-4-5-9-21(19)26-13-11-17-14-20(24-23-17)16-10-12-25(15-16)18-6-2-1-3-7-18/h4-5,8-9,14,16,18H,1-3,6-7,10-13,15H2,(H,23,24). The van der Waals surface area contributed by atoms with Crippen LogP contribution in [0.3, 0.4) is 0 Å². The lowest BCUT2D eigenvalue weighted by molar-refractivity contribution is 0.189. The van der Waals surface area contributed by atoms with E-state index in [2.05, 4.69) is 21.2 Å². The number of hydrogen-bond acceptors (Lipinski definition) is 3. The number of nitrogens with zero attached hydrogens (tertiary/aromatic N) is 2. The summed E-state index contributed by atoms with van der Waals surface area (Å²) in [6, 6.07) is 10.6. The van der Waals surface area contributed by atoms with Crippen molar-refractivity contribution in [2.45, 2.75) is 56.9 Å². The summed E-state index contributed by atoms with van der Waals surface area (Å²) < 4.78 is 5.78. The third-order valence-electron chi connectivity index (χ3n) is 5.85. The van der Waals surface area contributed by atoms with Crippen LogP contribution in [0.1, 0.15) is 55.8 Å². The molecule has 1 aromatic heterocycles. The lowest BCUT2D eigenvalue weighted by Crippen LogP contribution is -2.34. The van der Waals surface area contributed by atoms with Crippen LogP contribution in [0, 0.1) is 0 Å². The first-order valence-electron chi connectivity index (χ1n) is 9.95. The predicted octanol–water partition coefficient (Wildman–Crippen LogP) is 4.81. The molecule has 4 nitrogen and oxygen atoms in total. The van der Waals surface area contributed by atoms with Crippen molar-refractivity contribution >= 4 is 11.6 Å². The highest BCUT2D eigenvalue weighted by atomic mass is 35.5. The van der Waals surface area contributed by atoms with Crippen molar-refractivity contribution in [3.05, 3.63) is 46.7 Å². The normalized spacial score (nSPS) is 22.0. The van der Waals surface area contributed by atoms with Crippen LogP contribution in [-0.2, 0) is 6.42 Å². The highest BCUT2D eigenvalue weighted by Crippen LogP contribution is 2.32. The van der Waals surface area contributed by atoms with Crippen LogP contribution in [0.5, 0.6) is 5.75 Å². The van der Waals surface area contributed by atoms with E-state index in [0.29, 0.717) is 17.5 Å². The molecule has 1 saturated heterocycles. The molecule has 0 radical (unpaired) electrons. The van der Waals surface area contributed by atoms with Crippen LogP contribution >= 0.6 is 11.6 Å². The molecule has 0 spiro atoms. The molecule has 1 saturated carbocycles. The number of aromatic amines is 1. The highest BCUT2D eigenvalue weighted by molar-refractivity contribution is 6.32. The van der Waals surface area contributed by atoms with Gasteiger partial charge in [0, 0.05) is 30.6 Å². The number of aromatic nitrogens is 2. The fraction of sp³-hybridized carbons (Fsp3) is 0.571. The molecular formula is C21H28ClN3O. The minimum Gasteiger partial charge on any atom is -0.492 e. The Morgan fingerprint density at radius 1 is 1.15 bits per heavy atom. The molecule has 1 N–H and O–H groups in total. The van der Waals surface area contributed by atoms with Crippen LogP contribution < -0.4 is 4.74 Å². The van der Waals surface area contributed by atoms with Crippen LogP contribution in [0.25, 0.3) is 0 Å². The molecule has 1 atom stereocenters. The summed E-state index contributed by atoms with van der Waals surface area (Å²) in [5, 5.41) is 8.44. The van der Waals surface area contributed by atoms with E-state index in [9.17, 15) is 0 Å². The SMILES string of the molecule is Clc1ccccc1OCCc1cc(C2CCN(C3CCCCC3)C2)n[nH]1. The number of likely N-dealkylation sites (tertiary alicyclic amines) is 1. The van der Waals surface area contributed by atoms with Crippen LogP contribution in [0.2, 0.25) is 5.02 Å². The van der Waals surface area contributed by atoms with Crippen molar-refractivity contribution in [2.24, 2.45) is 0 Å². The average Bonchev–Trinajstić information content (AvgIpc) is 3.33. The number of benzene rings is 1. The summed E-state index contributed by atoms with van der Waals surface area (Å²) in [5.41, 5.74) is 2.36. The van der Waals surface area contributed by atoms with Gasteiger partial charge in [0.15, 0.2) is 0 Å². The molecule has 0 amide bonds. The zero-order valence-corrected chi connectivity index (χ0v) is 16.0. The number of halogens is 1. The minimum atomic E-state index is 0.575. The monoisotopic (exact) mass is 373 g/mol. The van der Waals surface area contributed by atoms with E-state index < -0.39 is 0 Å². The van der Waals surface area contributed by atoms with Crippen LogP contribution in [0.15, 0.2) is 30.3 Å². The smallest absolute Gasteiger partial charge is 0.137 e. The van der Waals surface area contributed by atoms with Gasteiger partial charge in [0.25, 0.3) is 0 Å². The van der Waals surface area contributed by atoms with Crippen LogP contribution in [-0.4, -0.2) is 40.8 Å². The predicted molar refractivity (Wildman–Crippen MR) is 105 cm³/mol. The fourth-order valence-electron chi connectivity index (χ4n) is 4.36.